The van der Waals surface area contributed by atoms with E-state index in [1.54, 1.807) is 30.3 Å². The second kappa shape index (κ2) is 8.48. The topological polar surface area (TPSA) is 105 Å². The summed E-state index contributed by atoms with van der Waals surface area (Å²) in [6, 6.07) is 11.1. The Bertz CT molecular complexity index is 801. The molecule has 2 aromatic rings. The predicted octanol–water partition coefficient (Wildman–Crippen LogP) is 1.13. The molecule has 1 aromatic carbocycles. The summed E-state index contributed by atoms with van der Waals surface area (Å²) in [5.41, 5.74) is 0.702. The zero-order valence-electron chi connectivity index (χ0n) is 13.8. The molecule has 0 saturated carbocycles. The van der Waals surface area contributed by atoms with E-state index in [9.17, 15) is 18.0 Å². The molecule has 0 radical (unpaired) electrons. The van der Waals surface area contributed by atoms with Gasteiger partial charge in [-0.1, -0.05) is 30.3 Å². The van der Waals surface area contributed by atoms with Crippen LogP contribution in [0.1, 0.15) is 23.0 Å². The van der Waals surface area contributed by atoms with Crippen molar-refractivity contribution in [3.8, 4) is 0 Å². The van der Waals surface area contributed by atoms with Crippen LogP contribution < -0.4 is 10.6 Å². The smallest absolute Gasteiger partial charge is 0.287 e. The van der Waals surface area contributed by atoms with Gasteiger partial charge in [0.2, 0.25) is 5.91 Å². The maximum absolute atomic E-state index is 12.1. The molecular weight excluding hydrogens is 344 g/mol. The summed E-state index contributed by atoms with van der Waals surface area (Å²) in [5, 5.41) is 4.99. The van der Waals surface area contributed by atoms with Crippen molar-refractivity contribution in [1.82, 2.24) is 10.6 Å². The lowest BCUT2D eigenvalue weighted by Crippen LogP contribution is -2.45. The number of rotatable bonds is 8. The number of carbonyl (C=O) groups excluding carboxylic acids is 2. The highest BCUT2D eigenvalue weighted by Crippen LogP contribution is 2.05. The molecule has 0 fully saturated rings. The van der Waals surface area contributed by atoms with Crippen LogP contribution in [0.3, 0.4) is 0 Å². The van der Waals surface area contributed by atoms with E-state index >= 15 is 0 Å². The Hall–Kier alpha value is -2.61. The standard InChI is InChI=1S/C17H20N2O5S/c1-13(19-17(21)15-8-5-10-24-15)16(20)18-9-11-25(22,23)12-14-6-3-2-4-7-14/h2-8,10,13H,9,11-12H2,1H3,(H,18,20)(H,19,21)/t13-/m0/s1. The molecule has 1 heterocycles. The molecule has 0 aliphatic carbocycles. The zero-order valence-corrected chi connectivity index (χ0v) is 14.6. The van der Waals surface area contributed by atoms with E-state index in [2.05, 4.69) is 10.6 Å². The largest absolute Gasteiger partial charge is 0.459 e. The van der Waals surface area contributed by atoms with Gasteiger partial charge in [-0.2, -0.15) is 0 Å². The van der Waals surface area contributed by atoms with Gasteiger partial charge in [0.05, 0.1) is 17.8 Å². The third-order valence-electron chi connectivity index (χ3n) is 3.43. The molecule has 0 unspecified atom stereocenters. The van der Waals surface area contributed by atoms with Gasteiger partial charge in [-0.15, -0.1) is 0 Å². The molecular formula is C17H20N2O5S. The normalized spacial score (nSPS) is 12.4. The first kappa shape index (κ1) is 18.7. The molecule has 2 N–H and O–H groups in total. The SMILES string of the molecule is C[C@H](NC(=O)c1ccco1)C(=O)NCCS(=O)(=O)Cc1ccccc1. The average Bonchev–Trinajstić information content (AvgIpc) is 3.09. The lowest BCUT2D eigenvalue weighted by Gasteiger charge is -2.13. The summed E-state index contributed by atoms with van der Waals surface area (Å²) in [7, 11) is -3.33. The molecule has 0 spiro atoms. The van der Waals surface area contributed by atoms with Crippen LogP contribution in [0.2, 0.25) is 0 Å². The van der Waals surface area contributed by atoms with Gasteiger partial charge in [0.1, 0.15) is 6.04 Å². The highest BCUT2D eigenvalue weighted by atomic mass is 32.2. The minimum absolute atomic E-state index is 0.0189. The number of nitrogens with one attached hydrogen (secondary N) is 2. The van der Waals surface area contributed by atoms with Gasteiger partial charge in [-0.25, -0.2) is 8.42 Å². The monoisotopic (exact) mass is 364 g/mol. The molecule has 2 rings (SSSR count). The second-order valence-corrected chi connectivity index (χ2v) is 7.73. The predicted molar refractivity (Wildman–Crippen MR) is 92.6 cm³/mol. The Balaban J connectivity index is 1.76. The van der Waals surface area contributed by atoms with E-state index in [0.29, 0.717) is 5.56 Å². The van der Waals surface area contributed by atoms with Crippen LogP contribution in [0.5, 0.6) is 0 Å². The number of sulfone groups is 1. The second-order valence-electron chi connectivity index (χ2n) is 5.54. The van der Waals surface area contributed by atoms with Crippen molar-refractivity contribution in [2.24, 2.45) is 0 Å². The maximum Gasteiger partial charge on any atom is 0.287 e. The minimum atomic E-state index is -3.33. The Kier molecular flexibility index (Phi) is 6.35. The van der Waals surface area contributed by atoms with Crippen molar-refractivity contribution < 1.29 is 22.4 Å². The minimum Gasteiger partial charge on any atom is -0.459 e. The molecule has 1 atom stereocenters. The molecule has 0 aliphatic rings. The molecule has 25 heavy (non-hydrogen) atoms. The van der Waals surface area contributed by atoms with E-state index in [4.69, 9.17) is 4.42 Å². The molecule has 8 heteroatoms. The lowest BCUT2D eigenvalue weighted by atomic mass is 10.2. The number of hydrogen-bond donors (Lipinski definition) is 2. The molecule has 0 saturated heterocycles. The van der Waals surface area contributed by atoms with E-state index in [1.807, 2.05) is 6.07 Å². The van der Waals surface area contributed by atoms with Crippen LogP contribution in [-0.4, -0.2) is 38.6 Å². The summed E-state index contributed by atoms with van der Waals surface area (Å²) < 4.78 is 29.0. The van der Waals surface area contributed by atoms with E-state index in [-0.39, 0.29) is 23.8 Å². The number of furan rings is 1. The number of hydrogen-bond acceptors (Lipinski definition) is 5. The van der Waals surface area contributed by atoms with Crippen LogP contribution in [-0.2, 0) is 20.4 Å². The van der Waals surface area contributed by atoms with E-state index < -0.39 is 27.7 Å². The highest BCUT2D eigenvalue weighted by molar-refractivity contribution is 7.90. The summed E-state index contributed by atoms with van der Waals surface area (Å²) in [5.74, 6) is -1.12. The van der Waals surface area contributed by atoms with Crippen molar-refractivity contribution >= 4 is 21.7 Å². The summed E-state index contributed by atoms with van der Waals surface area (Å²) in [6.45, 7) is 1.49. The summed E-state index contributed by atoms with van der Waals surface area (Å²) >= 11 is 0. The third-order valence-corrected chi connectivity index (χ3v) is 5.03. The quantitative estimate of drug-likeness (QED) is 0.730. The first-order valence-corrected chi connectivity index (χ1v) is 9.56. The summed E-state index contributed by atoms with van der Waals surface area (Å²) in [4.78, 5) is 23.7. The van der Waals surface area contributed by atoms with Crippen LogP contribution in [0, 0.1) is 0 Å². The molecule has 1 aromatic heterocycles. The average molecular weight is 364 g/mol. The first-order chi connectivity index (χ1) is 11.9. The van der Waals surface area contributed by atoms with Crippen LogP contribution in [0.4, 0.5) is 0 Å². The fraction of sp³-hybridized carbons (Fsp3) is 0.294. The molecule has 2 amide bonds. The van der Waals surface area contributed by atoms with Crippen molar-refractivity contribution in [2.45, 2.75) is 18.7 Å². The lowest BCUT2D eigenvalue weighted by molar-refractivity contribution is -0.122. The van der Waals surface area contributed by atoms with Crippen molar-refractivity contribution in [2.75, 3.05) is 12.3 Å². The van der Waals surface area contributed by atoms with Crippen LogP contribution >= 0.6 is 0 Å². The Morgan fingerprint density at radius 1 is 1.12 bits per heavy atom. The summed E-state index contributed by atoms with van der Waals surface area (Å²) in [6.07, 6.45) is 1.36. The fourth-order valence-electron chi connectivity index (χ4n) is 2.12. The van der Waals surface area contributed by atoms with Gasteiger partial charge < -0.3 is 15.1 Å². The Morgan fingerprint density at radius 2 is 1.84 bits per heavy atom. The molecule has 0 aliphatic heterocycles. The Labute approximate surface area is 146 Å². The van der Waals surface area contributed by atoms with Crippen molar-refractivity contribution in [3.63, 3.8) is 0 Å². The van der Waals surface area contributed by atoms with Crippen LogP contribution in [0.15, 0.2) is 53.1 Å². The Morgan fingerprint density at radius 3 is 2.48 bits per heavy atom. The van der Waals surface area contributed by atoms with Gasteiger partial charge in [-0.3, -0.25) is 9.59 Å². The first-order valence-electron chi connectivity index (χ1n) is 7.74. The number of benzene rings is 1. The van der Waals surface area contributed by atoms with Crippen LogP contribution in [0.25, 0.3) is 0 Å². The van der Waals surface area contributed by atoms with Crippen molar-refractivity contribution in [3.05, 3.63) is 60.1 Å². The fourth-order valence-corrected chi connectivity index (χ4v) is 3.38. The van der Waals surface area contributed by atoms with Crippen molar-refractivity contribution in [1.29, 1.82) is 0 Å². The zero-order chi connectivity index (χ0) is 18.3. The van der Waals surface area contributed by atoms with Gasteiger partial charge in [0, 0.05) is 6.54 Å². The third kappa shape index (κ3) is 6.07. The van der Waals surface area contributed by atoms with E-state index in [1.165, 1.54) is 19.3 Å². The number of carbonyl (C=O) groups is 2. The van der Waals surface area contributed by atoms with E-state index in [0.717, 1.165) is 0 Å². The molecule has 7 nitrogen and oxygen atoms in total. The van der Waals surface area contributed by atoms with Gasteiger partial charge in [0.15, 0.2) is 15.6 Å². The molecule has 0 bridgehead atoms. The number of amides is 2. The maximum atomic E-state index is 12.1. The van der Waals surface area contributed by atoms with Gasteiger partial charge in [-0.05, 0) is 24.6 Å². The highest BCUT2D eigenvalue weighted by Gasteiger charge is 2.19. The van der Waals surface area contributed by atoms with Gasteiger partial charge >= 0.3 is 0 Å². The van der Waals surface area contributed by atoms with Gasteiger partial charge in [0.25, 0.3) is 5.91 Å². The molecule has 134 valence electrons.